The highest BCUT2D eigenvalue weighted by atomic mass is 35.5. The van der Waals surface area contributed by atoms with Gasteiger partial charge in [0.15, 0.2) is 5.82 Å². The summed E-state index contributed by atoms with van der Waals surface area (Å²) in [7, 11) is 0. The summed E-state index contributed by atoms with van der Waals surface area (Å²) < 4.78 is 13.8. The summed E-state index contributed by atoms with van der Waals surface area (Å²) in [6.07, 6.45) is 0. The van der Waals surface area contributed by atoms with E-state index < -0.39 is 17.8 Å². The number of rotatable bonds is 1. The third-order valence-corrected chi connectivity index (χ3v) is 3.13. The van der Waals surface area contributed by atoms with Crippen LogP contribution in [0.2, 0.25) is 5.02 Å². The molecule has 0 radical (unpaired) electrons. The molecular formula is C12H11ClFN3O. The first-order valence-corrected chi connectivity index (χ1v) is 5.88. The molecule has 0 aromatic heterocycles. The van der Waals surface area contributed by atoms with Gasteiger partial charge in [0.2, 0.25) is 0 Å². The van der Waals surface area contributed by atoms with Crippen molar-refractivity contribution in [1.29, 1.82) is 5.26 Å². The summed E-state index contributed by atoms with van der Waals surface area (Å²) in [5.74, 6) is -1.23. The number of nitriles is 1. The van der Waals surface area contributed by atoms with Crippen molar-refractivity contribution in [3.05, 3.63) is 34.6 Å². The third-order valence-electron chi connectivity index (χ3n) is 2.84. The first-order chi connectivity index (χ1) is 8.65. The predicted molar refractivity (Wildman–Crippen MR) is 64.7 cm³/mol. The summed E-state index contributed by atoms with van der Waals surface area (Å²) in [4.78, 5) is 13.6. The van der Waals surface area contributed by atoms with Crippen LogP contribution >= 0.6 is 11.6 Å². The van der Waals surface area contributed by atoms with Gasteiger partial charge < -0.3 is 10.2 Å². The maximum absolute atomic E-state index is 13.8. The summed E-state index contributed by atoms with van der Waals surface area (Å²) >= 11 is 5.64. The molecule has 0 spiro atoms. The lowest BCUT2D eigenvalue weighted by molar-refractivity contribution is 0.0682. The fraction of sp³-hybridized carbons (Fsp3) is 0.333. The average molecular weight is 268 g/mol. The number of carbonyl (C=O) groups excluding carboxylic acids is 1. The van der Waals surface area contributed by atoms with Crippen LogP contribution in [0.3, 0.4) is 0 Å². The summed E-state index contributed by atoms with van der Waals surface area (Å²) in [6, 6.07) is 5.72. The van der Waals surface area contributed by atoms with Crippen molar-refractivity contribution in [2.24, 2.45) is 0 Å². The molecular weight excluding hydrogens is 257 g/mol. The number of hydrogen-bond acceptors (Lipinski definition) is 3. The van der Waals surface area contributed by atoms with E-state index in [2.05, 4.69) is 5.32 Å². The lowest BCUT2D eigenvalue weighted by Gasteiger charge is -2.32. The Morgan fingerprint density at radius 3 is 3.11 bits per heavy atom. The van der Waals surface area contributed by atoms with E-state index in [9.17, 15) is 9.18 Å². The topological polar surface area (TPSA) is 56.1 Å². The van der Waals surface area contributed by atoms with Gasteiger partial charge in [-0.15, -0.1) is 0 Å². The zero-order valence-electron chi connectivity index (χ0n) is 9.49. The first-order valence-electron chi connectivity index (χ1n) is 5.50. The summed E-state index contributed by atoms with van der Waals surface area (Å²) in [6.45, 7) is 1.36. The van der Waals surface area contributed by atoms with Crippen molar-refractivity contribution >= 4 is 17.5 Å². The van der Waals surface area contributed by atoms with Crippen LogP contribution in [0.25, 0.3) is 0 Å². The Bertz CT molecular complexity index is 515. The Balaban J connectivity index is 2.30. The van der Waals surface area contributed by atoms with Crippen LogP contribution in [0, 0.1) is 17.1 Å². The van der Waals surface area contributed by atoms with Gasteiger partial charge in [0.1, 0.15) is 6.04 Å². The van der Waals surface area contributed by atoms with Crippen LogP contribution < -0.4 is 5.32 Å². The molecule has 2 rings (SSSR count). The molecule has 1 aliphatic heterocycles. The highest BCUT2D eigenvalue weighted by Crippen LogP contribution is 2.20. The molecule has 6 heteroatoms. The minimum Gasteiger partial charge on any atom is -0.320 e. The monoisotopic (exact) mass is 267 g/mol. The molecule has 1 fully saturated rings. The van der Waals surface area contributed by atoms with Crippen molar-refractivity contribution < 1.29 is 9.18 Å². The quantitative estimate of drug-likeness (QED) is 0.837. The molecule has 18 heavy (non-hydrogen) atoms. The van der Waals surface area contributed by atoms with Crippen LogP contribution in [0.1, 0.15) is 10.4 Å². The van der Waals surface area contributed by atoms with Crippen LogP contribution in [0.4, 0.5) is 4.39 Å². The SMILES string of the molecule is N#CC1CNCCN1C(=O)c1cccc(Cl)c1F. The molecule has 1 aromatic carbocycles. The van der Waals surface area contributed by atoms with E-state index in [1.807, 2.05) is 6.07 Å². The van der Waals surface area contributed by atoms with E-state index in [1.54, 1.807) is 0 Å². The molecule has 4 nitrogen and oxygen atoms in total. The Morgan fingerprint density at radius 1 is 1.61 bits per heavy atom. The minimum absolute atomic E-state index is 0.0929. The van der Waals surface area contributed by atoms with Crippen molar-refractivity contribution in [1.82, 2.24) is 10.2 Å². The molecule has 0 bridgehead atoms. The fourth-order valence-corrected chi connectivity index (χ4v) is 2.06. The number of piperazine rings is 1. The average Bonchev–Trinajstić information content (AvgIpc) is 2.41. The zero-order valence-corrected chi connectivity index (χ0v) is 10.2. The second-order valence-corrected chi connectivity index (χ2v) is 4.36. The van der Waals surface area contributed by atoms with Gasteiger partial charge in [-0.3, -0.25) is 4.79 Å². The first kappa shape index (κ1) is 12.8. The Kier molecular flexibility index (Phi) is 3.80. The standard InChI is InChI=1S/C12H11ClFN3O/c13-10-3-1-2-9(11(10)14)12(18)17-5-4-16-7-8(17)6-15/h1-3,8,16H,4-5,7H2. The number of benzene rings is 1. The van der Waals surface area contributed by atoms with Gasteiger partial charge in [0.25, 0.3) is 5.91 Å². The van der Waals surface area contributed by atoms with Crippen LogP contribution in [-0.2, 0) is 0 Å². The van der Waals surface area contributed by atoms with Gasteiger partial charge in [-0.1, -0.05) is 17.7 Å². The number of amides is 1. The number of halogens is 2. The minimum atomic E-state index is -0.737. The van der Waals surface area contributed by atoms with Crippen LogP contribution in [-0.4, -0.2) is 36.5 Å². The number of nitrogens with one attached hydrogen (secondary N) is 1. The fourth-order valence-electron chi connectivity index (χ4n) is 1.89. The van der Waals surface area contributed by atoms with E-state index in [-0.39, 0.29) is 10.6 Å². The molecule has 0 aliphatic carbocycles. The van der Waals surface area contributed by atoms with E-state index in [0.29, 0.717) is 19.6 Å². The Hall–Kier alpha value is -1.64. The highest BCUT2D eigenvalue weighted by Gasteiger charge is 2.29. The van der Waals surface area contributed by atoms with Crippen LogP contribution in [0.15, 0.2) is 18.2 Å². The van der Waals surface area contributed by atoms with Crippen molar-refractivity contribution in [2.45, 2.75) is 6.04 Å². The lowest BCUT2D eigenvalue weighted by atomic mass is 10.1. The Morgan fingerprint density at radius 2 is 2.39 bits per heavy atom. The van der Waals surface area contributed by atoms with Crippen molar-refractivity contribution in [2.75, 3.05) is 19.6 Å². The molecule has 1 amide bonds. The largest absolute Gasteiger partial charge is 0.320 e. The second kappa shape index (κ2) is 5.34. The second-order valence-electron chi connectivity index (χ2n) is 3.95. The van der Waals surface area contributed by atoms with E-state index in [0.717, 1.165) is 0 Å². The maximum Gasteiger partial charge on any atom is 0.258 e. The van der Waals surface area contributed by atoms with Gasteiger partial charge >= 0.3 is 0 Å². The molecule has 1 aliphatic rings. The highest BCUT2D eigenvalue weighted by molar-refractivity contribution is 6.31. The van der Waals surface area contributed by atoms with Crippen LogP contribution in [0.5, 0.6) is 0 Å². The van der Waals surface area contributed by atoms with Gasteiger partial charge in [0, 0.05) is 19.6 Å². The van der Waals surface area contributed by atoms with E-state index in [1.165, 1.54) is 23.1 Å². The van der Waals surface area contributed by atoms with Crippen molar-refractivity contribution in [3.63, 3.8) is 0 Å². The normalized spacial score (nSPS) is 19.4. The number of hydrogen-bond donors (Lipinski definition) is 1. The molecule has 1 N–H and O–H groups in total. The van der Waals surface area contributed by atoms with Gasteiger partial charge in [-0.05, 0) is 12.1 Å². The van der Waals surface area contributed by atoms with E-state index >= 15 is 0 Å². The van der Waals surface area contributed by atoms with Gasteiger partial charge in [0.05, 0.1) is 16.7 Å². The van der Waals surface area contributed by atoms with Gasteiger partial charge in [-0.2, -0.15) is 5.26 Å². The maximum atomic E-state index is 13.8. The number of carbonyl (C=O) groups is 1. The Labute approximate surface area is 109 Å². The van der Waals surface area contributed by atoms with Crippen molar-refractivity contribution in [3.8, 4) is 6.07 Å². The summed E-state index contributed by atoms with van der Waals surface area (Å²) in [5.41, 5.74) is -0.0929. The molecule has 1 saturated heterocycles. The van der Waals surface area contributed by atoms with E-state index in [4.69, 9.17) is 16.9 Å². The molecule has 94 valence electrons. The molecule has 0 saturated carbocycles. The lowest BCUT2D eigenvalue weighted by Crippen LogP contribution is -2.53. The summed E-state index contributed by atoms with van der Waals surface area (Å²) in [5, 5.41) is 11.9. The molecule has 1 unspecified atom stereocenters. The molecule has 1 heterocycles. The smallest absolute Gasteiger partial charge is 0.258 e. The molecule has 1 aromatic rings. The number of nitrogens with zero attached hydrogens (tertiary/aromatic N) is 2. The van der Waals surface area contributed by atoms with Gasteiger partial charge in [-0.25, -0.2) is 4.39 Å². The zero-order chi connectivity index (χ0) is 13.1. The predicted octanol–water partition coefficient (Wildman–Crippen LogP) is 1.42. The third kappa shape index (κ3) is 2.30. The molecule has 1 atom stereocenters.